The molecule has 0 spiro atoms. The van der Waals surface area contributed by atoms with Crippen LogP contribution in [0.15, 0.2) is 0 Å². The van der Waals surface area contributed by atoms with E-state index in [9.17, 15) is 4.79 Å². The Morgan fingerprint density at radius 1 is 1.54 bits per heavy atom. The minimum atomic E-state index is 0.121. The Hall–Kier alpha value is -0.770. The molecule has 0 bridgehead atoms. The summed E-state index contributed by atoms with van der Waals surface area (Å²) in [4.78, 5) is 13.5. The van der Waals surface area contributed by atoms with Gasteiger partial charge in [-0.2, -0.15) is 0 Å². The van der Waals surface area contributed by atoms with Gasteiger partial charge >= 0.3 is 6.03 Å². The Morgan fingerprint density at radius 2 is 2.31 bits per heavy atom. The van der Waals surface area contributed by atoms with Gasteiger partial charge in [-0.25, -0.2) is 4.79 Å². The minimum Gasteiger partial charge on any atom is -0.335 e. The van der Waals surface area contributed by atoms with Crippen LogP contribution in [-0.2, 0) is 0 Å². The lowest BCUT2D eigenvalue weighted by molar-refractivity contribution is 0.179. The Balaban J connectivity index is 1.80. The maximum absolute atomic E-state index is 11.6. The maximum atomic E-state index is 11.6. The van der Waals surface area contributed by atoms with Crippen molar-refractivity contribution in [3.63, 3.8) is 0 Å². The molecule has 1 aliphatic heterocycles. The summed E-state index contributed by atoms with van der Waals surface area (Å²) in [5.41, 5.74) is 0. The van der Waals surface area contributed by atoms with E-state index in [0.717, 1.165) is 32.5 Å². The van der Waals surface area contributed by atoms with E-state index in [1.165, 1.54) is 0 Å². The molecule has 1 aliphatic carbocycles. The Bertz CT molecular complexity index is 203. The highest BCUT2D eigenvalue weighted by Gasteiger charge is 2.27. The van der Waals surface area contributed by atoms with Crippen molar-refractivity contribution in [1.29, 1.82) is 0 Å². The van der Waals surface area contributed by atoms with Crippen LogP contribution in [0.2, 0.25) is 0 Å². The zero-order valence-corrected chi connectivity index (χ0v) is 8.05. The summed E-state index contributed by atoms with van der Waals surface area (Å²) in [5.74, 6) is 0. The Labute approximate surface area is 78.7 Å². The molecule has 1 saturated heterocycles. The average molecular weight is 183 g/mol. The molecule has 0 aromatic heterocycles. The number of nitrogens with one attached hydrogen (secondary N) is 2. The van der Waals surface area contributed by atoms with E-state index >= 15 is 0 Å². The van der Waals surface area contributed by atoms with E-state index in [1.807, 2.05) is 4.90 Å². The van der Waals surface area contributed by atoms with Gasteiger partial charge in [-0.15, -0.1) is 0 Å². The monoisotopic (exact) mass is 183 g/mol. The fraction of sp³-hybridized carbons (Fsp3) is 0.889. The van der Waals surface area contributed by atoms with Crippen LogP contribution in [-0.4, -0.2) is 42.6 Å². The lowest BCUT2D eigenvalue weighted by atomic mass is 10.2. The molecule has 4 heteroatoms. The standard InChI is InChI=1S/C9H17N3O/c1-7-6-12(5-4-10-7)9(13)11-8-2-3-8/h7-8,10H,2-6H2,1H3,(H,11,13)/t7-/m0/s1. The van der Waals surface area contributed by atoms with Gasteiger partial charge in [-0.3, -0.25) is 0 Å². The zero-order chi connectivity index (χ0) is 9.26. The number of hydrogen-bond acceptors (Lipinski definition) is 2. The number of nitrogens with zero attached hydrogens (tertiary/aromatic N) is 1. The number of amides is 2. The topological polar surface area (TPSA) is 44.4 Å². The van der Waals surface area contributed by atoms with Crippen molar-refractivity contribution in [3.8, 4) is 0 Å². The van der Waals surface area contributed by atoms with E-state index in [2.05, 4.69) is 17.6 Å². The summed E-state index contributed by atoms with van der Waals surface area (Å²) in [6, 6.07) is 1.02. The van der Waals surface area contributed by atoms with Crippen LogP contribution >= 0.6 is 0 Å². The number of piperazine rings is 1. The van der Waals surface area contributed by atoms with Gasteiger partial charge in [-0.05, 0) is 19.8 Å². The number of rotatable bonds is 1. The summed E-state index contributed by atoms with van der Waals surface area (Å²) >= 11 is 0. The van der Waals surface area contributed by atoms with Crippen LogP contribution in [0.4, 0.5) is 4.79 Å². The number of hydrogen-bond donors (Lipinski definition) is 2. The average Bonchev–Trinajstić information content (AvgIpc) is 2.88. The molecule has 0 unspecified atom stereocenters. The number of urea groups is 1. The number of carbonyl (C=O) groups excluding carboxylic acids is 1. The Kier molecular flexibility index (Phi) is 2.40. The molecule has 1 saturated carbocycles. The summed E-state index contributed by atoms with van der Waals surface area (Å²) in [5, 5.41) is 6.32. The molecule has 0 radical (unpaired) electrons. The van der Waals surface area contributed by atoms with E-state index in [4.69, 9.17) is 0 Å². The third-order valence-electron chi connectivity index (χ3n) is 2.56. The molecule has 1 heterocycles. The Morgan fingerprint density at radius 3 is 2.92 bits per heavy atom. The van der Waals surface area contributed by atoms with Gasteiger partial charge in [0.1, 0.15) is 0 Å². The first-order valence-electron chi connectivity index (χ1n) is 5.04. The molecule has 2 rings (SSSR count). The SMILES string of the molecule is C[C@H]1CN(C(=O)NC2CC2)CCN1. The van der Waals surface area contributed by atoms with Crippen LogP contribution in [0.1, 0.15) is 19.8 Å². The molecule has 2 fully saturated rings. The van der Waals surface area contributed by atoms with Crippen LogP contribution in [0.5, 0.6) is 0 Å². The quantitative estimate of drug-likeness (QED) is 0.608. The van der Waals surface area contributed by atoms with E-state index < -0.39 is 0 Å². The summed E-state index contributed by atoms with van der Waals surface area (Å²) < 4.78 is 0. The highest BCUT2D eigenvalue weighted by atomic mass is 16.2. The maximum Gasteiger partial charge on any atom is 0.317 e. The largest absolute Gasteiger partial charge is 0.335 e. The third-order valence-corrected chi connectivity index (χ3v) is 2.56. The molecule has 74 valence electrons. The summed E-state index contributed by atoms with van der Waals surface area (Å²) in [6.07, 6.45) is 2.32. The predicted octanol–water partition coefficient (Wildman–Crippen LogP) is 0.152. The van der Waals surface area contributed by atoms with Crippen molar-refractivity contribution in [1.82, 2.24) is 15.5 Å². The van der Waals surface area contributed by atoms with Crippen LogP contribution in [0.25, 0.3) is 0 Å². The van der Waals surface area contributed by atoms with Crippen LogP contribution < -0.4 is 10.6 Å². The highest BCUT2D eigenvalue weighted by Crippen LogP contribution is 2.19. The van der Waals surface area contributed by atoms with Gasteiger partial charge in [0.25, 0.3) is 0 Å². The van der Waals surface area contributed by atoms with E-state index in [-0.39, 0.29) is 6.03 Å². The van der Waals surface area contributed by atoms with Gasteiger partial charge in [0.05, 0.1) is 0 Å². The van der Waals surface area contributed by atoms with Crippen molar-refractivity contribution in [2.45, 2.75) is 31.8 Å². The first kappa shape index (κ1) is 8.81. The number of carbonyl (C=O) groups is 1. The molecule has 2 N–H and O–H groups in total. The lowest BCUT2D eigenvalue weighted by Gasteiger charge is -2.31. The van der Waals surface area contributed by atoms with Crippen LogP contribution in [0.3, 0.4) is 0 Å². The molecule has 2 amide bonds. The second-order valence-corrected chi connectivity index (χ2v) is 4.02. The van der Waals surface area contributed by atoms with Crippen molar-refractivity contribution in [2.75, 3.05) is 19.6 Å². The van der Waals surface area contributed by atoms with Crippen molar-refractivity contribution in [2.24, 2.45) is 0 Å². The third kappa shape index (κ3) is 2.34. The zero-order valence-electron chi connectivity index (χ0n) is 8.05. The molecular formula is C9H17N3O. The smallest absolute Gasteiger partial charge is 0.317 e. The fourth-order valence-electron chi connectivity index (χ4n) is 1.61. The van der Waals surface area contributed by atoms with Crippen molar-refractivity contribution < 1.29 is 4.79 Å². The van der Waals surface area contributed by atoms with E-state index in [1.54, 1.807) is 0 Å². The summed E-state index contributed by atoms with van der Waals surface area (Å²) in [6.45, 7) is 4.69. The predicted molar refractivity (Wildman–Crippen MR) is 50.6 cm³/mol. The molecule has 4 nitrogen and oxygen atoms in total. The van der Waals surface area contributed by atoms with Gasteiger partial charge in [0.2, 0.25) is 0 Å². The first-order valence-corrected chi connectivity index (χ1v) is 5.04. The van der Waals surface area contributed by atoms with E-state index in [0.29, 0.717) is 12.1 Å². The minimum absolute atomic E-state index is 0.121. The molecule has 13 heavy (non-hydrogen) atoms. The second-order valence-electron chi connectivity index (χ2n) is 4.02. The van der Waals surface area contributed by atoms with Crippen LogP contribution in [0, 0.1) is 0 Å². The van der Waals surface area contributed by atoms with Crippen molar-refractivity contribution in [3.05, 3.63) is 0 Å². The molecular weight excluding hydrogens is 166 g/mol. The van der Waals surface area contributed by atoms with Gasteiger partial charge in [0.15, 0.2) is 0 Å². The van der Waals surface area contributed by atoms with Gasteiger partial charge < -0.3 is 15.5 Å². The summed E-state index contributed by atoms with van der Waals surface area (Å²) in [7, 11) is 0. The first-order chi connectivity index (χ1) is 6.25. The van der Waals surface area contributed by atoms with Gasteiger partial charge in [-0.1, -0.05) is 0 Å². The molecule has 1 atom stereocenters. The molecule has 2 aliphatic rings. The van der Waals surface area contributed by atoms with Gasteiger partial charge in [0, 0.05) is 31.7 Å². The normalized spacial score (nSPS) is 28.7. The van der Waals surface area contributed by atoms with Crippen molar-refractivity contribution >= 4 is 6.03 Å². The molecule has 0 aromatic carbocycles. The second kappa shape index (κ2) is 3.54. The molecule has 0 aromatic rings. The highest BCUT2D eigenvalue weighted by molar-refractivity contribution is 5.75. The fourth-order valence-corrected chi connectivity index (χ4v) is 1.61. The lowest BCUT2D eigenvalue weighted by Crippen LogP contribution is -2.54.